The SMILES string of the molecule is CN1CCN(C(=O)CCC2CCCC2)CC1. The lowest BCUT2D eigenvalue weighted by atomic mass is 10.0. The maximum absolute atomic E-state index is 12.0. The summed E-state index contributed by atoms with van der Waals surface area (Å²) in [6.07, 6.45) is 7.40. The number of rotatable bonds is 3. The Morgan fingerprint density at radius 2 is 1.75 bits per heavy atom. The van der Waals surface area contributed by atoms with E-state index in [9.17, 15) is 4.79 Å². The summed E-state index contributed by atoms with van der Waals surface area (Å²) in [5.74, 6) is 1.23. The Bertz CT molecular complexity index is 228. The predicted molar refractivity (Wildman–Crippen MR) is 65.3 cm³/mol. The summed E-state index contributed by atoms with van der Waals surface area (Å²) in [5, 5.41) is 0. The number of carbonyl (C=O) groups is 1. The molecule has 2 rings (SSSR count). The van der Waals surface area contributed by atoms with E-state index in [-0.39, 0.29) is 0 Å². The minimum atomic E-state index is 0.389. The van der Waals surface area contributed by atoms with Crippen LogP contribution in [0.3, 0.4) is 0 Å². The van der Waals surface area contributed by atoms with Crippen molar-refractivity contribution in [3.63, 3.8) is 0 Å². The average Bonchev–Trinajstić information content (AvgIpc) is 2.80. The maximum atomic E-state index is 12.0. The number of piperazine rings is 1. The fourth-order valence-electron chi connectivity index (χ4n) is 2.84. The second-order valence-corrected chi connectivity index (χ2v) is 5.37. The standard InChI is InChI=1S/C13H24N2O/c1-14-8-10-15(11-9-14)13(16)7-6-12-4-2-3-5-12/h12H,2-11H2,1H3. The van der Waals surface area contributed by atoms with Crippen molar-refractivity contribution in [1.82, 2.24) is 9.80 Å². The molecule has 0 aromatic rings. The Hall–Kier alpha value is -0.570. The van der Waals surface area contributed by atoms with Crippen molar-refractivity contribution in [3.05, 3.63) is 0 Å². The van der Waals surface area contributed by atoms with Crippen molar-refractivity contribution in [2.75, 3.05) is 33.2 Å². The van der Waals surface area contributed by atoms with Crippen molar-refractivity contribution >= 4 is 5.91 Å². The van der Waals surface area contributed by atoms with Crippen LogP contribution in [0.1, 0.15) is 38.5 Å². The number of amides is 1. The van der Waals surface area contributed by atoms with Crippen LogP contribution < -0.4 is 0 Å². The third-order valence-corrected chi connectivity index (χ3v) is 4.10. The highest BCUT2D eigenvalue weighted by atomic mass is 16.2. The molecule has 0 aromatic carbocycles. The van der Waals surface area contributed by atoms with Gasteiger partial charge in [0.05, 0.1) is 0 Å². The fraction of sp³-hybridized carbons (Fsp3) is 0.923. The molecule has 1 amide bonds. The Balaban J connectivity index is 1.67. The van der Waals surface area contributed by atoms with Crippen LogP contribution in [0.4, 0.5) is 0 Å². The number of nitrogens with zero attached hydrogens (tertiary/aromatic N) is 2. The molecule has 2 aliphatic rings. The first-order valence-electron chi connectivity index (χ1n) is 6.72. The topological polar surface area (TPSA) is 23.6 Å². The van der Waals surface area contributed by atoms with Crippen LogP contribution in [0.2, 0.25) is 0 Å². The molecule has 3 nitrogen and oxygen atoms in total. The molecular weight excluding hydrogens is 200 g/mol. The summed E-state index contributed by atoms with van der Waals surface area (Å²) in [6.45, 7) is 3.93. The molecule has 2 fully saturated rings. The molecule has 1 saturated heterocycles. The van der Waals surface area contributed by atoms with Gasteiger partial charge in [-0.1, -0.05) is 25.7 Å². The van der Waals surface area contributed by atoms with Crippen LogP contribution in [0.15, 0.2) is 0 Å². The Kier molecular flexibility index (Phi) is 4.22. The smallest absolute Gasteiger partial charge is 0.222 e. The zero-order valence-electron chi connectivity index (χ0n) is 10.5. The summed E-state index contributed by atoms with van der Waals surface area (Å²) < 4.78 is 0. The van der Waals surface area contributed by atoms with Gasteiger partial charge in [0.25, 0.3) is 0 Å². The first-order chi connectivity index (χ1) is 7.75. The lowest BCUT2D eigenvalue weighted by molar-refractivity contribution is -0.133. The van der Waals surface area contributed by atoms with Crippen LogP contribution in [-0.4, -0.2) is 48.9 Å². The van der Waals surface area contributed by atoms with Crippen LogP contribution >= 0.6 is 0 Å². The van der Waals surface area contributed by atoms with Crippen LogP contribution in [-0.2, 0) is 4.79 Å². The third-order valence-electron chi connectivity index (χ3n) is 4.10. The molecular formula is C13H24N2O. The van der Waals surface area contributed by atoms with Crippen molar-refractivity contribution < 1.29 is 4.79 Å². The van der Waals surface area contributed by atoms with Gasteiger partial charge in [-0.25, -0.2) is 0 Å². The van der Waals surface area contributed by atoms with Gasteiger partial charge in [-0.2, -0.15) is 0 Å². The molecule has 1 heterocycles. The lowest BCUT2D eigenvalue weighted by Gasteiger charge is -2.32. The average molecular weight is 224 g/mol. The van der Waals surface area contributed by atoms with Gasteiger partial charge < -0.3 is 9.80 Å². The maximum Gasteiger partial charge on any atom is 0.222 e. The molecule has 3 heteroatoms. The largest absolute Gasteiger partial charge is 0.340 e. The monoisotopic (exact) mass is 224 g/mol. The van der Waals surface area contributed by atoms with E-state index in [0.717, 1.165) is 44.9 Å². The molecule has 0 spiro atoms. The van der Waals surface area contributed by atoms with Gasteiger partial charge in [-0.3, -0.25) is 4.79 Å². The molecule has 1 aliphatic carbocycles. The minimum Gasteiger partial charge on any atom is -0.340 e. The second kappa shape index (κ2) is 5.67. The van der Waals surface area contributed by atoms with Gasteiger partial charge in [0.1, 0.15) is 0 Å². The molecule has 0 atom stereocenters. The highest BCUT2D eigenvalue weighted by Crippen LogP contribution is 2.28. The van der Waals surface area contributed by atoms with E-state index < -0.39 is 0 Å². The molecule has 0 aromatic heterocycles. The third kappa shape index (κ3) is 3.21. The number of hydrogen-bond acceptors (Lipinski definition) is 2. The molecule has 0 radical (unpaired) electrons. The predicted octanol–water partition coefficient (Wildman–Crippen LogP) is 1.73. The number of hydrogen-bond donors (Lipinski definition) is 0. The molecule has 1 aliphatic heterocycles. The molecule has 0 unspecified atom stereocenters. The van der Waals surface area contributed by atoms with Gasteiger partial charge >= 0.3 is 0 Å². The van der Waals surface area contributed by atoms with E-state index in [1.54, 1.807) is 0 Å². The molecule has 16 heavy (non-hydrogen) atoms. The van der Waals surface area contributed by atoms with Gasteiger partial charge in [0.15, 0.2) is 0 Å². The summed E-state index contributed by atoms with van der Waals surface area (Å²) in [5.41, 5.74) is 0. The van der Waals surface area contributed by atoms with Crippen molar-refractivity contribution in [2.45, 2.75) is 38.5 Å². The quantitative estimate of drug-likeness (QED) is 0.729. The van der Waals surface area contributed by atoms with E-state index in [0.29, 0.717) is 5.91 Å². The minimum absolute atomic E-state index is 0.389. The van der Waals surface area contributed by atoms with E-state index in [2.05, 4.69) is 16.8 Å². The molecule has 0 N–H and O–H groups in total. The summed E-state index contributed by atoms with van der Waals surface area (Å²) in [7, 11) is 2.13. The van der Waals surface area contributed by atoms with Crippen molar-refractivity contribution in [3.8, 4) is 0 Å². The van der Waals surface area contributed by atoms with Gasteiger partial charge in [0.2, 0.25) is 5.91 Å². The fourth-order valence-corrected chi connectivity index (χ4v) is 2.84. The number of likely N-dealkylation sites (N-methyl/N-ethyl adjacent to an activating group) is 1. The lowest BCUT2D eigenvalue weighted by Crippen LogP contribution is -2.47. The molecule has 1 saturated carbocycles. The summed E-state index contributed by atoms with van der Waals surface area (Å²) in [4.78, 5) is 16.3. The van der Waals surface area contributed by atoms with Crippen LogP contribution in [0, 0.1) is 5.92 Å². The van der Waals surface area contributed by atoms with E-state index in [1.165, 1.54) is 25.7 Å². The zero-order chi connectivity index (χ0) is 11.4. The van der Waals surface area contributed by atoms with Gasteiger partial charge in [-0.05, 0) is 19.4 Å². The van der Waals surface area contributed by atoms with E-state index >= 15 is 0 Å². The zero-order valence-corrected chi connectivity index (χ0v) is 10.5. The number of carbonyl (C=O) groups excluding carboxylic acids is 1. The second-order valence-electron chi connectivity index (χ2n) is 5.37. The normalized spacial score (nSPS) is 23.9. The van der Waals surface area contributed by atoms with Crippen LogP contribution in [0.5, 0.6) is 0 Å². The van der Waals surface area contributed by atoms with Gasteiger partial charge in [0, 0.05) is 32.6 Å². The van der Waals surface area contributed by atoms with Gasteiger partial charge in [-0.15, -0.1) is 0 Å². The highest BCUT2D eigenvalue weighted by molar-refractivity contribution is 5.76. The van der Waals surface area contributed by atoms with Crippen molar-refractivity contribution in [1.29, 1.82) is 0 Å². The first-order valence-corrected chi connectivity index (χ1v) is 6.72. The Morgan fingerprint density at radius 1 is 1.12 bits per heavy atom. The Morgan fingerprint density at radius 3 is 2.38 bits per heavy atom. The molecule has 92 valence electrons. The highest BCUT2D eigenvalue weighted by Gasteiger charge is 2.21. The summed E-state index contributed by atoms with van der Waals surface area (Å²) in [6, 6.07) is 0. The Labute approximate surface area is 98.8 Å². The first kappa shape index (κ1) is 11.9. The summed E-state index contributed by atoms with van der Waals surface area (Å²) >= 11 is 0. The van der Waals surface area contributed by atoms with E-state index in [4.69, 9.17) is 0 Å². The molecule has 0 bridgehead atoms. The van der Waals surface area contributed by atoms with Crippen molar-refractivity contribution in [2.24, 2.45) is 5.92 Å². The van der Waals surface area contributed by atoms with E-state index in [1.807, 2.05) is 0 Å². The van der Waals surface area contributed by atoms with Crippen LogP contribution in [0.25, 0.3) is 0 Å².